The Morgan fingerprint density at radius 3 is 2.91 bits per heavy atom. The van der Waals surface area contributed by atoms with Crippen LogP contribution in [0.5, 0.6) is 0 Å². The van der Waals surface area contributed by atoms with Crippen molar-refractivity contribution in [2.75, 3.05) is 0 Å². The summed E-state index contributed by atoms with van der Waals surface area (Å²) >= 11 is 1.39. The number of carbonyl (C=O) groups excluding carboxylic acids is 1. The smallest absolute Gasteiger partial charge is 0.263 e. The Kier molecular flexibility index (Phi) is 4.85. The van der Waals surface area contributed by atoms with Crippen LogP contribution >= 0.6 is 11.3 Å². The molecule has 0 bridgehead atoms. The standard InChI is InChI=1S/C17H20N2O2S/c1-12-16(22-11-18-12)17(20)19-14-8-5-9-15(14)21-10-13-6-3-2-4-7-13/h2-4,6-7,11,14-15H,5,8-10H2,1H3,(H,19,20)/t14-,15-/m1/s1. The van der Waals surface area contributed by atoms with Crippen LogP contribution in [0.1, 0.15) is 40.2 Å². The van der Waals surface area contributed by atoms with Crippen LogP contribution in [0, 0.1) is 6.92 Å². The number of nitrogens with one attached hydrogen (secondary N) is 1. The summed E-state index contributed by atoms with van der Waals surface area (Å²) in [5.41, 5.74) is 3.67. The van der Waals surface area contributed by atoms with Gasteiger partial charge in [-0.3, -0.25) is 4.79 Å². The molecule has 1 N–H and O–H groups in total. The van der Waals surface area contributed by atoms with Gasteiger partial charge in [0, 0.05) is 0 Å². The van der Waals surface area contributed by atoms with Gasteiger partial charge in [-0.1, -0.05) is 30.3 Å². The predicted octanol–water partition coefficient (Wildman–Crippen LogP) is 3.32. The van der Waals surface area contributed by atoms with Crippen molar-refractivity contribution in [2.24, 2.45) is 0 Å². The number of amides is 1. The van der Waals surface area contributed by atoms with E-state index in [0.717, 1.165) is 30.5 Å². The second-order valence-corrected chi connectivity index (χ2v) is 6.47. The molecule has 0 spiro atoms. The van der Waals surface area contributed by atoms with Crippen molar-refractivity contribution in [1.29, 1.82) is 0 Å². The zero-order chi connectivity index (χ0) is 15.4. The number of nitrogens with zero attached hydrogens (tertiary/aromatic N) is 1. The maximum atomic E-state index is 12.3. The first-order valence-corrected chi connectivity index (χ1v) is 8.48. The molecule has 1 saturated carbocycles. The number of aryl methyl sites for hydroxylation is 1. The molecule has 0 unspecified atom stereocenters. The molecule has 0 radical (unpaired) electrons. The summed E-state index contributed by atoms with van der Waals surface area (Å²) in [7, 11) is 0. The second kappa shape index (κ2) is 7.03. The molecule has 0 aliphatic heterocycles. The van der Waals surface area contributed by atoms with Gasteiger partial charge in [-0.05, 0) is 31.7 Å². The van der Waals surface area contributed by atoms with Crippen molar-refractivity contribution in [3.63, 3.8) is 0 Å². The van der Waals surface area contributed by atoms with E-state index >= 15 is 0 Å². The number of benzene rings is 1. The molecular weight excluding hydrogens is 296 g/mol. The number of hydrogen-bond acceptors (Lipinski definition) is 4. The maximum Gasteiger partial charge on any atom is 0.263 e. The molecular formula is C17H20N2O2S. The highest BCUT2D eigenvalue weighted by molar-refractivity contribution is 7.11. The fourth-order valence-electron chi connectivity index (χ4n) is 2.82. The Balaban J connectivity index is 1.57. The zero-order valence-corrected chi connectivity index (χ0v) is 13.4. The Labute approximate surface area is 134 Å². The molecule has 1 fully saturated rings. The van der Waals surface area contributed by atoms with Crippen LogP contribution in [0.4, 0.5) is 0 Å². The van der Waals surface area contributed by atoms with Crippen LogP contribution in [0.25, 0.3) is 0 Å². The minimum absolute atomic E-state index is 0.0276. The minimum Gasteiger partial charge on any atom is -0.371 e. The monoisotopic (exact) mass is 316 g/mol. The second-order valence-electron chi connectivity index (χ2n) is 5.61. The summed E-state index contributed by atoms with van der Waals surface area (Å²) in [5, 5.41) is 3.11. The number of rotatable bonds is 5. The molecule has 116 valence electrons. The van der Waals surface area contributed by atoms with E-state index in [1.807, 2.05) is 25.1 Å². The van der Waals surface area contributed by atoms with Gasteiger partial charge in [0.05, 0.1) is 30.0 Å². The summed E-state index contributed by atoms with van der Waals surface area (Å²) in [5.74, 6) is -0.0276. The van der Waals surface area contributed by atoms with E-state index in [1.165, 1.54) is 11.3 Å². The first-order chi connectivity index (χ1) is 10.7. The molecule has 5 heteroatoms. The number of thiazole rings is 1. The maximum absolute atomic E-state index is 12.3. The van der Waals surface area contributed by atoms with Gasteiger partial charge in [-0.25, -0.2) is 4.98 Å². The van der Waals surface area contributed by atoms with Crippen molar-refractivity contribution in [3.05, 3.63) is 52.0 Å². The normalized spacial score (nSPS) is 21.0. The summed E-state index contributed by atoms with van der Waals surface area (Å²) < 4.78 is 6.02. The predicted molar refractivity (Wildman–Crippen MR) is 87.0 cm³/mol. The minimum atomic E-state index is -0.0276. The molecule has 2 atom stereocenters. The molecule has 3 rings (SSSR count). The first kappa shape index (κ1) is 15.2. The van der Waals surface area contributed by atoms with E-state index in [0.29, 0.717) is 11.5 Å². The summed E-state index contributed by atoms with van der Waals surface area (Å²) in [6.07, 6.45) is 3.16. The molecule has 2 aromatic rings. The van der Waals surface area contributed by atoms with E-state index in [9.17, 15) is 4.79 Å². The third kappa shape index (κ3) is 3.54. The first-order valence-electron chi connectivity index (χ1n) is 7.60. The number of hydrogen-bond donors (Lipinski definition) is 1. The molecule has 1 aliphatic rings. The molecule has 1 heterocycles. The van der Waals surface area contributed by atoms with Crippen molar-refractivity contribution >= 4 is 17.2 Å². The third-order valence-corrected chi connectivity index (χ3v) is 4.96. The van der Waals surface area contributed by atoms with Gasteiger partial charge in [0.15, 0.2) is 0 Å². The SMILES string of the molecule is Cc1ncsc1C(=O)N[C@@H]1CCC[C@H]1OCc1ccccc1. The summed E-state index contributed by atoms with van der Waals surface area (Å²) in [6.45, 7) is 2.46. The number of aromatic nitrogens is 1. The lowest BCUT2D eigenvalue weighted by atomic mass is 10.2. The van der Waals surface area contributed by atoms with Crippen LogP contribution < -0.4 is 5.32 Å². The number of ether oxygens (including phenoxy) is 1. The van der Waals surface area contributed by atoms with Crippen molar-refractivity contribution < 1.29 is 9.53 Å². The highest BCUT2D eigenvalue weighted by Gasteiger charge is 2.30. The lowest BCUT2D eigenvalue weighted by Gasteiger charge is -2.21. The third-order valence-electron chi connectivity index (χ3n) is 4.03. The largest absolute Gasteiger partial charge is 0.371 e. The molecule has 1 amide bonds. The Hall–Kier alpha value is -1.72. The van der Waals surface area contributed by atoms with Crippen molar-refractivity contribution in [1.82, 2.24) is 10.3 Å². The fourth-order valence-corrected chi connectivity index (χ4v) is 3.53. The van der Waals surface area contributed by atoms with Crippen LogP contribution in [-0.2, 0) is 11.3 Å². The van der Waals surface area contributed by atoms with E-state index in [1.54, 1.807) is 5.51 Å². The van der Waals surface area contributed by atoms with E-state index in [4.69, 9.17) is 4.74 Å². The van der Waals surface area contributed by atoms with Crippen LogP contribution in [0.2, 0.25) is 0 Å². The Morgan fingerprint density at radius 2 is 2.18 bits per heavy atom. The molecule has 1 aromatic heterocycles. The molecule has 1 aliphatic carbocycles. The summed E-state index contributed by atoms with van der Waals surface area (Å²) in [4.78, 5) is 17.1. The topological polar surface area (TPSA) is 51.2 Å². The molecule has 4 nitrogen and oxygen atoms in total. The molecule has 0 saturated heterocycles. The van der Waals surface area contributed by atoms with Gasteiger partial charge in [0.2, 0.25) is 0 Å². The Morgan fingerprint density at radius 1 is 1.36 bits per heavy atom. The van der Waals surface area contributed by atoms with Crippen LogP contribution in [0.15, 0.2) is 35.8 Å². The lowest BCUT2D eigenvalue weighted by molar-refractivity contribution is 0.0272. The van der Waals surface area contributed by atoms with Gasteiger partial charge in [0.25, 0.3) is 5.91 Å². The van der Waals surface area contributed by atoms with Crippen LogP contribution in [-0.4, -0.2) is 23.0 Å². The lowest BCUT2D eigenvalue weighted by Crippen LogP contribution is -2.41. The van der Waals surface area contributed by atoms with Crippen LogP contribution in [0.3, 0.4) is 0 Å². The van der Waals surface area contributed by atoms with Crippen molar-refractivity contribution in [2.45, 2.75) is 44.9 Å². The average molecular weight is 316 g/mol. The van der Waals surface area contributed by atoms with Gasteiger partial charge in [0.1, 0.15) is 4.88 Å². The van der Waals surface area contributed by atoms with Gasteiger partial charge in [-0.15, -0.1) is 11.3 Å². The van der Waals surface area contributed by atoms with E-state index in [-0.39, 0.29) is 18.1 Å². The fraction of sp³-hybridized carbons (Fsp3) is 0.412. The molecule has 1 aromatic carbocycles. The van der Waals surface area contributed by atoms with Crippen molar-refractivity contribution in [3.8, 4) is 0 Å². The van der Waals surface area contributed by atoms with Gasteiger partial charge < -0.3 is 10.1 Å². The highest BCUT2D eigenvalue weighted by Crippen LogP contribution is 2.24. The highest BCUT2D eigenvalue weighted by atomic mass is 32.1. The number of carbonyl (C=O) groups is 1. The van der Waals surface area contributed by atoms with Gasteiger partial charge >= 0.3 is 0 Å². The quantitative estimate of drug-likeness (QED) is 0.920. The van der Waals surface area contributed by atoms with Gasteiger partial charge in [-0.2, -0.15) is 0 Å². The van der Waals surface area contributed by atoms with E-state index in [2.05, 4.69) is 22.4 Å². The Bertz CT molecular complexity index is 627. The summed E-state index contributed by atoms with van der Waals surface area (Å²) in [6, 6.07) is 10.2. The average Bonchev–Trinajstić information content (AvgIpc) is 3.15. The zero-order valence-electron chi connectivity index (χ0n) is 12.6. The molecule has 22 heavy (non-hydrogen) atoms. The van der Waals surface area contributed by atoms with E-state index < -0.39 is 0 Å².